The molecule has 0 aliphatic carbocycles. The molecule has 1 amide bonds. The van der Waals surface area contributed by atoms with Crippen LogP contribution in [0.1, 0.15) is 24.8 Å². The first-order chi connectivity index (χ1) is 10.7. The Kier molecular flexibility index (Phi) is 6.65. The van der Waals surface area contributed by atoms with E-state index in [-0.39, 0.29) is 18.5 Å². The van der Waals surface area contributed by atoms with Crippen molar-refractivity contribution in [3.63, 3.8) is 0 Å². The molecule has 2 rings (SSSR count). The van der Waals surface area contributed by atoms with Gasteiger partial charge in [0.25, 0.3) is 0 Å². The van der Waals surface area contributed by atoms with Crippen molar-refractivity contribution in [1.29, 1.82) is 0 Å². The summed E-state index contributed by atoms with van der Waals surface area (Å²) in [7, 11) is 0. The summed E-state index contributed by atoms with van der Waals surface area (Å²) in [6.07, 6.45) is 2.97. The molecule has 0 N–H and O–H groups in total. The highest BCUT2D eigenvalue weighted by molar-refractivity contribution is 5.67. The lowest BCUT2D eigenvalue weighted by atomic mass is 10.2. The van der Waals surface area contributed by atoms with Gasteiger partial charge in [0.1, 0.15) is 12.4 Å². The van der Waals surface area contributed by atoms with E-state index in [1.807, 2.05) is 0 Å². The number of ether oxygens (including phenoxy) is 1. The normalized spacial score (nSPS) is 15.8. The van der Waals surface area contributed by atoms with Crippen molar-refractivity contribution in [2.45, 2.75) is 25.9 Å². The molecule has 1 saturated heterocycles. The van der Waals surface area contributed by atoms with Crippen LogP contribution in [0.5, 0.6) is 0 Å². The van der Waals surface area contributed by atoms with Gasteiger partial charge in [-0.15, -0.1) is 0 Å². The van der Waals surface area contributed by atoms with Crippen molar-refractivity contribution in [3.8, 4) is 0 Å². The van der Waals surface area contributed by atoms with Crippen LogP contribution in [-0.2, 0) is 11.3 Å². The number of hydrogen-bond donors (Lipinski definition) is 0. The SMILES string of the molecule is [CH2]CCCCN1CCN(C(=O)OCc2cccc(F)c2)CC1. The average molecular weight is 307 g/mol. The highest BCUT2D eigenvalue weighted by Gasteiger charge is 2.21. The molecular formula is C17H24FN2O2. The molecule has 1 aliphatic heterocycles. The summed E-state index contributed by atoms with van der Waals surface area (Å²) >= 11 is 0. The van der Waals surface area contributed by atoms with E-state index in [2.05, 4.69) is 11.8 Å². The summed E-state index contributed by atoms with van der Waals surface area (Å²) in [6, 6.07) is 6.12. The lowest BCUT2D eigenvalue weighted by Crippen LogP contribution is -2.48. The zero-order valence-corrected chi connectivity index (χ0v) is 13.0. The molecule has 0 bridgehead atoms. The fourth-order valence-electron chi connectivity index (χ4n) is 2.53. The fourth-order valence-corrected chi connectivity index (χ4v) is 2.53. The first-order valence-electron chi connectivity index (χ1n) is 7.87. The molecule has 0 saturated carbocycles. The van der Waals surface area contributed by atoms with Crippen LogP contribution in [0, 0.1) is 12.7 Å². The van der Waals surface area contributed by atoms with Gasteiger partial charge in [-0.2, -0.15) is 0 Å². The van der Waals surface area contributed by atoms with Gasteiger partial charge in [-0.3, -0.25) is 4.90 Å². The van der Waals surface area contributed by atoms with Crippen LogP contribution in [0.4, 0.5) is 9.18 Å². The summed E-state index contributed by atoms with van der Waals surface area (Å²) in [5.41, 5.74) is 0.667. The summed E-state index contributed by atoms with van der Waals surface area (Å²) in [4.78, 5) is 16.1. The number of nitrogens with zero attached hydrogens (tertiary/aromatic N) is 2. The monoisotopic (exact) mass is 307 g/mol. The van der Waals surface area contributed by atoms with Gasteiger partial charge in [0.2, 0.25) is 0 Å². The Morgan fingerprint density at radius 3 is 2.68 bits per heavy atom. The van der Waals surface area contributed by atoms with Gasteiger partial charge in [0.15, 0.2) is 0 Å². The van der Waals surface area contributed by atoms with E-state index >= 15 is 0 Å². The smallest absolute Gasteiger partial charge is 0.410 e. The molecule has 1 fully saturated rings. The Labute approximate surface area is 131 Å². The topological polar surface area (TPSA) is 32.8 Å². The molecule has 1 heterocycles. The minimum Gasteiger partial charge on any atom is -0.445 e. The van der Waals surface area contributed by atoms with Crippen LogP contribution in [0.15, 0.2) is 24.3 Å². The summed E-state index contributed by atoms with van der Waals surface area (Å²) in [5.74, 6) is -0.315. The lowest BCUT2D eigenvalue weighted by Gasteiger charge is -2.34. The van der Waals surface area contributed by atoms with E-state index in [1.165, 1.54) is 12.1 Å². The third-order valence-corrected chi connectivity index (χ3v) is 3.86. The molecule has 121 valence electrons. The maximum absolute atomic E-state index is 13.1. The predicted molar refractivity (Wildman–Crippen MR) is 83.8 cm³/mol. The molecule has 1 aliphatic rings. The standard InChI is InChI=1S/C17H24FN2O2/c1-2-3-4-8-19-9-11-20(12-10-19)17(21)22-14-15-6-5-7-16(18)13-15/h5-7,13H,1-4,8-12,14H2. The minimum atomic E-state index is -0.318. The molecule has 1 aromatic carbocycles. The van der Waals surface area contributed by atoms with Gasteiger partial charge in [-0.05, 0) is 30.7 Å². The second-order valence-electron chi connectivity index (χ2n) is 5.57. The predicted octanol–water partition coefficient (Wildman–Crippen LogP) is 3.08. The lowest BCUT2D eigenvalue weighted by molar-refractivity contribution is 0.0713. The van der Waals surface area contributed by atoms with E-state index < -0.39 is 0 Å². The van der Waals surface area contributed by atoms with E-state index in [1.54, 1.807) is 17.0 Å². The van der Waals surface area contributed by atoms with Crippen molar-refractivity contribution < 1.29 is 13.9 Å². The van der Waals surface area contributed by atoms with Gasteiger partial charge in [-0.1, -0.05) is 31.9 Å². The molecule has 1 aromatic rings. The van der Waals surface area contributed by atoms with Crippen LogP contribution in [0.2, 0.25) is 0 Å². The van der Waals surface area contributed by atoms with Crippen LogP contribution in [0.25, 0.3) is 0 Å². The van der Waals surface area contributed by atoms with E-state index in [0.29, 0.717) is 18.7 Å². The first kappa shape index (κ1) is 16.7. The zero-order chi connectivity index (χ0) is 15.8. The number of benzene rings is 1. The number of hydrogen-bond acceptors (Lipinski definition) is 3. The molecule has 4 nitrogen and oxygen atoms in total. The summed E-state index contributed by atoms with van der Waals surface area (Å²) in [6.45, 7) is 8.16. The molecule has 1 radical (unpaired) electrons. The minimum absolute atomic E-state index is 0.111. The molecule has 0 unspecified atom stereocenters. The third-order valence-electron chi connectivity index (χ3n) is 3.86. The molecular weight excluding hydrogens is 283 g/mol. The van der Waals surface area contributed by atoms with E-state index in [9.17, 15) is 9.18 Å². The summed E-state index contributed by atoms with van der Waals surface area (Å²) < 4.78 is 18.3. The average Bonchev–Trinajstić information content (AvgIpc) is 2.54. The Morgan fingerprint density at radius 1 is 1.23 bits per heavy atom. The van der Waals surface area contributed by atoms with Gasteiger partial charge < -0.3 is 9.64 Å². The maximum Gasteiger partial charge on any atom is 0.410 e. The second-order valence-corrected chi connectivity index (χ2v) is 5.57. The second kappa shape index (κ2) is 8.73. The Balaban J connectivity index is 1.69. The number of amides is 1. The third kappa shape index (κ3) is 5.30. The first-order valence-corrected chi connectivity index (χ1v) is 7.87. The van der Waals surface area contributed by atoms with Gasteiger partial charge in [0, 0.05) is 26.2 Å². The van der Waals surface area contributed by atoms with Crippen LogP contribution < -0.4 is 0 Å². The quantitative estimate of drug-likeness (QED) is 0.757. The summed E-state index contributed by atoms with van der Waals surface area (Å²) in [5, 5.41) is 0. The molecule has 0 spiro atoms. The number of carbonyl (C=O) groups is 1. The number of carbonyl (C=O) groups excluding carboxylic acids is 1. The van der Waals surface area contributed by atoms with Crippen LogP contribution >= 0.6 is 0 Å². The van der Waals surface area contributed by atoms with Crippen LogP contribution in [-0.4, -0.2) is 48.6 Å². The molecule has 0 aromatic heterocycles. The van der Waals surface area contributed by atoms with Crippen molar-refractivity contribution in [2.75, 3.05) is 32.7 Å². The van der Waals surface area contributed by atoms with Gasteiger partial charge in [-0.25, -0.2) is 9.18 Å². The number of piperazine rings is 1. The van der Waals surface area contributed by atoms with Crippen molar-refractivity contribution in [3.05, 3.63) is 42.6 Å². The molecule has 0 atom stereocenters. The van der Waals surface area contributed by atoms with Gasteiger partial charge in [0.05, 0.1) is 0 Å². The van der Waals surface area contributed by atoms with Crippen molar-refractivity contribution in [2.24, 2.45) is 0 Å². The highest BCUT2D eigenvalue weighted by Crippen LogP contribution is 2.09. The Morgan fingerprint density at radius 2 is 2.00 bits per heavy atom. The molecule has 22 heavy (non-hydrogen) atoms. The molecule has 5 heteroatoms. The van der Waals surface area contributed by atoms with E-state index in [0.717, 1.165) is 38.9 Å². The van der Waals surface area contributed by atoms with Crippen LogP contribution in [0.3, 0.4) is 0 Å². The fraction of sp³-hybridized carbons (Fsp3) is 0.529. The van der Waals surface area contributed by atoms with Gasteiger partial charge >= 0.3 is 6.09 Å². The largest absolute Gasteiger partial charge is 0.445 e. The van der Waals surface area contributed by atoms with Crippen molar-refractivity contribution in [1.82, 2.24) is 9.80 Å². The highest BCUT2D eigenvalue weighted by atomic mass is 19.1. The van der Waals surface area contributed by atoms with Crippen molar-refractivity contribution >= 4 is 6.09 Å². The number of unbranched alkanes of at least 4 members (excludes halogenated alkanes) is 2. The number of rotatable bonds is 6. The Bertz CT molecular complexity index is 473. The maximum atomic E-state index is 13.1. The number of halogens is 1. The van der Waals surface area contributed by atoms with E-state index in [4.69, 9.17) is 4.74 Å². The zero-order valence-electron chi connectivity index (χ0n) is 13.0. The Hall–Kier alpha value is -1.62.